The SMILES string of the molecule is CC(C)C[C@@H](C(=O)Nc1ccn(C[C@@H](O)COC(=O)c2cccnc2)n1)N1CC(Oc2ccccc2Cl)=CC1=O. The van der Waals surface area contributed by atoms with E-state index < -0.39 is 24.0 Å². The number of rotatable bonds is 12. The Kier molecular flexibility index (Phi) is 9.52. The highest BCUT2D eigenvalue weighted by molar-refractivity contribution is 6.32. The molecular formula is C28H30ClN5O6. The van der Waals surface area contributed by atoms with Gasteiger partial charge in [-0.1, -0.05) is 37.6 Å². The Hall–Kier alpha value is -4.22. The number of hydrogen-bond acceptors (Lipinski definition) is 8. The number of anilines is 1. The summed E-state index contributed by atoms with van der Waals surface area (Å²) >= 11 is 6.17. The molecule has 0 saturated carbocycles. The van der Waals surface area contributed by atoms with Gasteiger partial charge in [0.25, 0.3) is 5.91 Å². The number of nitrogens with zero attached hydrogens (tertiary/aromatic N) is 4. The van der Waals surface area contributed by atoms with Gasteiger partial charge < -0.3 is 24.8 Å². The summed E-state index contributed by atoms with van der Waals surface area (Å²) in [5.74, 6) is -0.132. The molecule has 210 valence electrons. The molecule has 4 rings (SSSR count). The zero-order valence-corrected chi connectivity index (χ0v) is 22.8. The van der Waals surface area contributed by atoms with Crippen LogP contribution in [-0.4, -0.2) is 67.9 Å². The molecule has 0 saturated heterocycles. The Morgan fingerprint density at radius 1 is 1.18 bits per heavy atom. The van der Waals surface area contributed by atoms with Crippen molar-refractivity contribution in [3.8, 4) is 5.75 Å². The summed E-state index contributed by atoms with van der Waals surface area (Å²) in [4.78, 5) is 43.5. The van der Waals surface area contributed by atoms with Crippen LogP contribution in [-0.2, 0) is 20.9 Å². The van der Waals surface area contributed by atoms with Gasteiger partial charge in [-0.3, -0.25) is 19.3 Å². The molecule has 3 heterocycles. The topological polar surface area (TPSA) is 136 Å². The van der Waals surface area contributed by atoms with Crippen molar-refractivity contribution in [3.05, 3.63) is 83.5 Å². The minimum Gasteiger partial charge on any atom is -0.459 e. The first-order valence-corrected chi connectivity index (χ1v) is 13.1. The number of aromatic nitrogens is 3. The molecule has 0 unspecified atom stereocenters. The zero-order chi connectivity index (χ0) is 28.6. The number of halogens is 1. The van der Waals surface area contributed by atoms with Crippen LogP contribution in [0.1, 0.15) is 30.6 Å². The summed E-state index contributed by atoms with van der Waals surface area (Å²) in [6.45, 7) is 3.84. The van der Waals surface area contributed by atoms with Crippen LogP contribution >= 0.6 is 11.6 Å². The van der Waals surface area contributed by atoms with Gasteiger partial charge in [0.15, 0.2) is 5.82 Å². The lowest BCUT2D eigenvalue weighted by Gasteiger charge is -2.28. The highest BCUT2D eigenvalue weighted by Gasteiger charge is 2.35. The fraction of sp³-hybridized carbons (Fsp3) is 0.321. The smallest absolute Gasteiger partial charge is 0.339 e. The molecule has 0 bridgehead atoms. The van der Waals surface area contributed by atoms with E-state index in [2.05, 4.69) is 15.4 Å². The average molecular weight is 568 g/mol. The molecule has 2 atom stereocenters. The number of carbonyl (C=O) groups is 3. The van der Waals surface area contributed by atoms with Crippen molar-refractivity contribution in [2.75, 3.05) is 18.5 Å². The Labute approximate surface area is 236 Å². The van der Waals surface area contributed by atoms with Gasteiger partial charge in [-0.05, 0) is 36.6 Å². The zero-order valence-electron chi connectivity index (χ0n) is 22.1. The number of esters is 1. The third kappa shape index (κ3) is 7.67. The maximum Gasteiger partial charge on any atom is 0.339 e. The normalized spacial score (nSPS) is 14.6. The van der Waals surface area contributed by atoms with E-state index in [4.69, 9.17) is 21.1 Å². The van der Waals surface area contributed by atoms with Gasteiger partial charge in [0.2, 0.25) is 5.91 Å². The molecule has 2 amide bonds. The van der Waals surface area contributed by atoms with Crippen LogP contribution in [0.25, 0.3) is 0 Å². The Bertz CT molecular complexity index is 1380. The summed E-state index contributed by atoms with van der Waals surface area (Å²) in [7, 11) is 0. The van der Waals surface area contributed by atoms with Crippen LogP contribution in [0.2, 0.25) is 5.02 Å². The summed E-state index contributed by atoms with van der Waals surface area (Å²) in [5.41, 5.74) is 0.281. The monoisotopic (exact) mass is 567 g/mol. The Morgan fingerprint density at radius 3 is 2.70 bits per heavy atom. The maximum atomic E-state index is 13.3. The van der Waals surface area contributed by atoms with Crippen LogP contribution in [0.3, 0.4) is 0 Å². The Morgan fingerprint density at radius 2 is 1.98 bits per heavy atom. The second-order valence-electron chi connectivity index (χ2n) is 9.66. The number of benzene rings is 1. The highest BCUT2D eigenvalue weighted by atomic mass is 35.5. The van der Waals surface area contributed by atoms with Crippen LogP contribution in [0.4, 0.5) is 5.82 Å². The van der Waals surface area contributed by atoms with Gasteiger partial charge in [0.05, 0.1) is 23.7 Å². The van der Waals surface area contributed by atoms with Crippen molar-refractivity contribution in [2.24, 2.45) is 5.92 Å². The minimum absolute atomic E-state index is 0.0306. The van der Waals surface area contributed by atoms with E-state index in [1.165, 1.54) is 21.9 Å². The number of ether oxygens (including phenoxy) is 2. The quantitative estimate of drug-likeness (QED) is 0.318. The van der Waals surface area contributed by atoms with Crippen molar-refractivity contribution in [1.82, 2.24) is 19.7 Å². The first-order chi connectivity index (χ1) is 19.2. The number of carbonyl (C=O) groups excluding carboxylic acids is 3. The lowest BCUT2D eigenvalue weighted by atomic mass is 10.0. The fourth-order valence-electron chi connectivity index (χ4n) is 4.08. The molecule has 1 aromatic carbocycles. The number of aliphatic hydroxyl groups excluding tert-OH is 1. The Balaban J connectivity index is 1.33. The van der Waals surface area contributed by atoms with Gasteiger partial charge in [-0.2, -0.15) is 5.10 Å². The third-order valence-corrected chi connectivity index (χ3v) is 6.25. The van der Waals surface area contributed by atoms with Crippen molar-refractivity contribution < 1.29 is 29.0 Å². The van der Waals surface area contributed by atoms with E-state index in [1.54, 1.807) is 54.9 Å². The van der Waals surface area contributed by atoms with Crippen molar-refractivity contribution >= 4 is 35.2 Å². The van der Waals surface area contributed by atoms with Crippen molar-refractivity contribution in [3.63, 3.8) is 0 Å². The summed E-state index contributed by atoms with van der Waals surface area (Å²) in [6.07, 6.45) is 5.26. The lowest BCUT2D eigenvalue weighted by Crippen LogP contribution is -2.46. The summed E-state index contributed by atoms with van der Waals surface area (Å²) in [5, 5.41) is 17.7. The van der Waals surface area contributed by atoms with Crippen LogP contribution < -0.4 is 10.1 Å². The van der Waals surface area contributed by atoms with Crippen molar-refractivity contribution in [2.45, 2.75) is 39.0 Å². The van der Waals surface area contributed by atoms with E-state index in [0.29, 0.717) is 23.0 Å². The lowest BCUT2D eigenvalue weighted by molar-refractivity contribution is -0.133. The first-order valence-electron chi connectivity index (χ1n) is 12.7. The summed E-state index contributed by atoms with van der Waals surface area (Å²) < 4.78 is 12.4. The number of nitrogens with one attached hydrogen (secondary N) is 1. The van der Waals surface area contributed by atoms with Gasteiger partial charge in [0, 0.05) is 30.7 Å². The minimum atomic E-state index is -1.03. The molecule has 40 heavy (non-hydrogen) atoms. The molecular weight excluding hydrogens is 538 g/mol. The second-order valence-corrected chi connectivity index (χ2v) is 10.1. The van der Waals surface area contributed by atoms with E-state index in [0.717, 1.165) is 0 Å². The van der Waals surface area contributed by atoms with E-state index in [9.17, 15) is 19.5 Å². The molecule has 0 fully saturated rings. The van der Waals surface area contributed by atoms with Gasteiger partial charge in [-0.25, -0.2) is 4.79 Å². The second kappa shape index (κ2) is 13.2. The van der Waals surface area contributed by atoms with Crippen LogP contribution in [0.5, 0.6) is 5.75 Å². The molecule has 1 aliphatic rings. The molecule has 0 radical (unpaired) electrons. The first kappa shape index (κ1) is 28.8. The van der Waals surface area contributed by atoms with Crippen LogP contribution in [0.15, 0.2) is 72.9 Å². The van der Waals surface area contributed by atoms with Gasteiger partial charge in [0.1, 0.15) is 30.3 Å². The van der Waals surface area contributed by atoms with E-state index in [-0.39, 0.29) is 42.9 Å². The summed E-state index contributed by atoms with van der Waals surface area (Å²) in [6, 6.07) is 10.9. The average Bonchev–Trinajstić information content (AvgIpc) is 3.52. The molecule has 2 aromatic heterocycles. The molecule has 0 spiro atoms. The largest absolute Gasteiger partial charge is 0.459 e. The van der Waals surface area contributed by atoms with Crippen molar-refractivity contribution in [1.29, 1.82) is 0 Å². The standard InChI is InChI=1S/C28H30ClN5O6/c1-18(2)12-23(34-16-21(13-26(34)36)40-24-8-4-3-7-22(24)29)27(37)31-25-9-11-33(32-25)15-20(35)17-39-28(38)19-6-5-10-30-14-19/h3-11,13-14,18,20,23,35H,12,15-17H2,1-2H3,(H,31,32,37)/t20-,23+/m1/s1. The molecule has 1 aliphatic heterocycles. The molecule has 11 nitrogen and oxygen atoms in total. The number of amides is 2. The maximum absolute atomic E-state index is 13.3. The van der Waals surface area contributed by atoms with E-state index >= 15 is 0 Å². The van der Waals surface area contributed by atoms with Gasteiger partial charge in [-0.15, -0.1) is 0 Å². The number of para-hydroxylation sites is 1. The molecule has 0 aliphatic carbocycles. The van der Waals surface area contributed by atoms with Gasteiger partial charge >= 0.3 is 5.97 Å². The predicted molar refractivity (Wildman–Crippen MR) is 147 cm³/mol. The third-order valence-electron chi connectivity index (χ3n) is 5.94. The van der Waals surface area contributed by atoms with E-state index in [1.807, 2.05) is 13.8 Å². The number of aliphatic hydroxyl groups is 1. The predicted octanol–water partition coefficient (Wildman–Crippen LogP) is 3.31. The van der Waals surface area contributed by atoms with Crippen LogP contribution in [0, 0.1) is 5.92 Å². The fourth-order valence-corrected chi connectivity index (χ4v) is 4.25. The molecule has 2 N–H and O–H groups in total. The highest BCUT2D eigenvalue weighted by Crippen LogP contribution is 2.28. The molecule has 12 heteroatoms. The number of pyridine rings is 1. The number of hydrogen-bond donors (Lipinski definition) is 2. The molecule has 3 aromatic rings.